The van der Waals surface area contributed by atoms with Crippen LogP contribution in [0.4, 0.5) is 0 Å². The van der Waals surface area contributed by atoms with Crippen molar-refractivity contribution >= 4 is 0 Å². The van der Waals surface area contributed by atoms with Gasteiger partial charge in [0.1, 0.15) is 11.8 Å². The lowest BCUT2D eigenvalue weighted by atomic mass is 9.98. The van der Waals surface area contributed by atoms with Gasteiger partial charge in [-0.25, -0.2) is 0 Å². The SMILES string of the molecule is COc1cnn(C)c1C(O)C1CCCC1. The van der Waals surface area contributed by atoms with E-state index in [-0.39, 0.29) is 0 Å². The monoisotopic (exact) mass is 210 g/mol. The summed E-state index contributed by atoms with van der Waals surface area (Å²) in [6.07, 6.45) is 5.89. The smallest absolute Gasteiger partial charge is 0.162 e. The fourth-order valence-corrected chi connectivity index (χ4v) is 2.42. The lowest BCUT2D eigenvalue weighted by molar-refractivity contribution is 0.100. The maximum Gasteiger partial charge on any atom is 0.162 e. The van der Waals surface area contributed by atoms with Crippen LogP contribution < -0.4 is 4.74 Å². The number of aliphatic hydroxyl groups is 1. The van der Waals surface area contributed by atoms with Crippen LogP contribution in [0.1, 0.15) is 37.5 Å². The van der Waals surface area contributed by atoms with Crippen molar-refractivity contribution in [2.24, 2.45) is 13.0 Å². The van der Waals surface area contributed by atoms with Crippen molar-refractivity contribution in [3.63, 3.8) is 0 Å². The van der Waals surface area contributed by atoms with Crippen LogP contribution in [-0.2, 0) is 7.05 Å². The van der Waals surface area contributed by atoms with E-state index in [4.69, 9.17) is 4.74 Å². The highest BCUT2D eigenvalue weighted by atomic mass is 16.5. The quantitative estimate of drug-likeness (QED) is 0.825. The number of ether oxygens (including phenoxy) is 1. The van der Waals surface area contributed by atoms with Crippen molar-refractivity contribution in [1.29, 1.82) is 0 Å². The standard InChI is InChI=1S/C11H18N2O2/c1-13-10(9(15-2)7-12-13)11(14)8-5-3-4-6-8/h7-8,11,14H,3-6H2,1-2H3. The Kier molecular flexibility index (Phi) is 2.95. The molecule has 1 aliphatic rings. The highest BCUT2D eigenvalue weighted by Crippen LogP contribution is 2.38. The molecule has 84 valence electrons. The minimum atomic E-state index is -0.435. The Morgan fingerprint density at radius 2 is 2.20 bits per heavy atom. The first-order valence-corrected chi connectivity index (χ1v) is 5.48. The zero-order valence-corrected chi connectivity index (χ0v) is 9.31. The van der Waals surface area contributed by atoms with Gasteiger partial charge in [-0.2, -0.15) is 5.10 Å². The number of rotatable bonds is 3. The number of aryl methyl sites for hydroxylation is 1. The largest absolute Gasteiger partial charge is 0.493 e. The summed E-state index contributed by atoms with van der Waals surface area (Å²) in [4.78, 5) is 0. The summed E-state index contributed by atoms with van der Waals surface area (Å²) >= 11 is 0. The molecule has 0 amide bonds. The zero-order chi connectivity index (χ0) is 10.8. The number of hydrogen-bond acceptors (Lipinski definition) is 3. The molecule has 0 radical (unpaired) electrons. The Morgan fingerprint density at radius 1 is 1.53 bits per heavy atom. The number of nitrogens with zero attached hydrogens (tertiary/aromatic N) is 2. The lowest BCUT2D eigenvalue weighted by Crippen LogP contribution is -2.14. The van der Waals surface area contributed by atoms with E-state index in [2.05, 4.69) is 5.10 Å². The molecule has 4 heteroatoms. The molecule has 1 saturated carbocycles. The Balaban J connectivity index is 2.22. The minimum Gasteiger partial charge on any atom is -0.493 e. The summed E-state index contributed by atoms with van der Waals surface area (Å²) in [5.41, 5.74) is 0.810. The van der Waals surface area contributed by atoms with Gasteiger partial charge in [-0.05, 0) is 18.8 Å². The van der Waals surface area contributed by atoms with E-state index >= 15 is 0 Å². The van der Waals surface area contributed by atoms with Crippen LogP contribution in [0.3, 0.4) is 0 Å². The molecule has 0 spiro atoms. The van der Waals surface area contributed by atoms with E-state index in [1.807, 2.05) is 7.05 Å². The molecule has 0 saturated heterocycles. The van der Waals surface area contributed by atoms with Crippen molar-refractivity contribution < 1.29 is 9.84 Å². The van der Waals surface area contributed by atoms with E-state index in [1.54, 1.807) is 18.0 Å². The Labute approximate surface area is 89.9 Å². The van der Waals surface area contributed by atoms with Crippen molar-refractivity contribution in [1.82, 2.24) is 9.78 Å². The predicted octanol–water partition coefficient (Wildman–Crippen LogP) is 1.65. The van der Waals surface area contributed by atoms with Gasteiger partial charge in [-0.15, -0.1) is 0 Å². The second-order valence-electron chi connectivity index (χ2n) is 4.21. The Hall–Kier alpha value is -1.03. The van der Waals surface area contributed by atoms with Crippen LogP contribution >= 0.6 is 0 Å². The van der Waals surface area contributed by atoms with Gasteiger partial charge in [0.2, 0.25) is 0 Å². The van der Waals surface area contributed by atoms with Crippen molar-refractivity contribution in [2.75, 3.05) is 7.11 Å². The minimum absolute atomic E-state index is 0.370. The molecule has 0 aromatic carbocycles. The number of aromatic nitrogens is 2. The Bertz CT molecular complexity index is 329. The molecule has 1 heterocycles. The molecule has 0 aliphatic heterocycles. The normalized spacial score (nSPS) is 19.4. The Morgan fingerprint density at radius 3 is 2.80 bits per heavy atom. The molecule has 15 heavy (non-hydrogen) atoms. The van der Waals surface area contributed by atoms with Gasteiger partial charge in [0, 0.05) is 7.05 Å². The summed E-state index contributed by atoms with van der Waals surface area (Å²) in [5, 5.41) is 14.4. The van der Waals surface area contributed by atoms with E-state index in [0.29, 0.717) is 11.7 Å². The van der Waals surface area contributed by atoms with Gasteiger partial charge in [0.15, 0.2) is 5.75 Å². The molecular formula is C11H18N2O2. The van der Waals surface area contributed by atoms with Gasteiger partial charge in [0.25, 0.3) is 0 Å². The maximum absolute atomic E-state index is 10.3. The van der Waals surface area contributed by atoms with Gasteiger partial charge in [-0.3, -0.25) is 4.68 Å². The van der Waals surface area contributed by atoms with E-state index in [0.717, 1.165) is 18.5 Å². The highest BCUT2D eigenvalue weighted by molar-refractivity contribution is 5.27. The van der Waals surface area contributed by atoms with Gasteiger partial charge < -0.3 is 9.84 Å². The first-order valence-electron chi connectivity index (χ1n) is 5.48. The number of hydrogen-bond donors (Lipinski definition) is 1. The van der Waals surface area contributed by atoms with Gasteiger partial charge in [0.05, 0.1) is 13.3 Å². The van der Waals surface area contributed by atoms with Crippen LogP contribution in [-0.4, -0.2) is 22.0 Å². The average molecular weight is 210 g/mol. The van der Waals surface area contributed by atoms with E-state index < -0.39 is 6.10 Å². The molecule has 1 aromatic rings. The highest BCUT2D eigenvalue weighted by Gasteiger charge is 2.29. The average Bonchev–Trinajstić information content (AvgIpc) is 2.85. The van der Waals surface area contributed by atoms with Crippen molar-refractivity contribution in [2.45, 2.75) is 31.8 Å². The molecule has 1 unspecified atom stereocenters. The first-order chi connectivity index (χ1) is 7.24. The number of aliphatic hydroxyl groups excluding tert-OH is 1. The lowest BCUT2D eigenvalue weighted by Gasteiger charge is -2.18. The third-order valence-electron chi connectivity index (χ3n) is 3.30. The second kappa shape index (κ2) is 4.23. The topological polar surface area (TPSA) is 47.3 Å². The fraction of sp³-hybridized carbons (Fsp3) is 0.727. The molecular weight excluding hydrogens is 192 g/mol. The van der Waals surface area contributed by atoms with Gasteiger partial charge in [-0.1, -0.05) is 12.8 Å². The van der Waals surface area contributed by atoms with Crippen LogP contribution in [0.5, 0.6) is 5.75 Å². The first kappa shape index (κ1) is 10.5. The zero-order valence-electron chi connectivity index (χ0n) is 9.31. The number of methoxy groups -OCH3 is 1. The summed E-state index contributed by atoms with van der Waals surface area (Å²) < 4.78 is 6.91. The third kappa shape index (κ3) is 1.86. The van der Waals surface area contributed by atoms with Crippen molar-refractivity contribution in [3.8, 4) is 5.75 Å². The maximum atomic E-state index is 10.3. The molecule has 1 aromatic heterocycles. The molecule has 1 fully saturated rings. The van der Waals surface area contributed by atoms with Crippen LogP contribution in [0.15, 0.2) is 6.20 Å². The summed E-state index contributed by atoms with van der Waals surface area (Å²) in [6.45, 7) is 0. The summed E-state index contributed by atoms with van der Waals surface area (Å²) in [6, 6.07) is 0. The van der Waals surface area contributed by atoms with Crippen LogP contribution in [0, 0.1) is 5.92 Å². The molecule has 0 bridgehead atoms. The van der Waals surface area contributed by atoms with E-state index in [1.165, 1.54) is 12.8 Å². The van der Waals surface area contributed by atoms with Crippen molar-refractivity contribution in [3.05, 3.63) is 11.9 Å². The summed E-state index contributed by atoms with van der Waals surface area (Å²) in [5.74, 6) is 1.06. The summed E-state index contributed by atoms with van der Waals surface area (Å²) in [7, 11) is 3.46. The second-order valence-corrected chi connectivity index (χ2v) is 4.21. The van der Waals surface area contributed by atoms with Crippen LogP contribution in [0.25, 0.3) is 0 Å². The third-order valence-corrected chi connectivity index (χ3v) is 3.30. The molecule has 1 aliphatic carbocycles. The van der Waals surface area contributed by atoms with E-state index in [9.17, 15) is 5.11 Å². The fourth-order valence-electron chi connectivity index (χ4n) is 2.42. The van der Waals surface area contributed by atoms with Gasteiger partial charge >= 0.3 is 0 Å². The van der Waals surface area contributed by atoms with Crippen LogP contribution in [0.2, 0.25) is 0 Å². The predicted molar refractivity (Wildman–Crippen MR) is 56.7 cm³/mol. The molecule has 1 N–H and O–H groups in total. The molecule has 2 rings (SSSR count). The molecule has 1 atom stereocenters. The molecule has 4 nitrogen and oxygen atoms in total.